The van der Waals surface area contributed by atoms with Crippen molar-refractivity contribution in [2.75, 3.05) is 25.6 Å². The first-order valence-corrected chi connectivity index (χ1v) is 29.1. The van der Waals surface area contributed by atoms with Crippen molar-refractivity contribution >= 4 is 33.4 Å². The predicted molar refractivity (Wildman–Crippen MR) is 282 cm³/mol. The predicted octanol–water partition coefficient (Wildman–Crippen LogP) is 8.83. The molecule has 0 aromatic carbocycles. The van der Waals surface area contributed by atoms with E-state index in [-0.39, 0.29) is 37.9 Å². The number of aromatic nitrogens is 2. The van der Waals surface area contributed by atoms with E-state index in [1.807, 2.05) is 12.2 Å². The second kappa shape index (κ2) is 39.5. The first-order valence-electron chi connectivity index (χ1n) is 26.1. The van der Waals surface area contributed by atoms with Crippen LogP contribution in [-0.4, -0.2) is 108 Å². The molecule has 74 heavy (non-hydrogen) atoms. The van der Waals surface area contributed by atoms with E-state index in [4.69, 9.17) is 29.0 Å². The quantitative estimate of drug-likeness (QED) is 0.0139. The number of nitrogens with zero attached hydrogens (tertiary/aromatic N) is 2. The van der Waals surface area contributed by atoms with Crippen LogP contribution < -0.4 is 11.4 Å². The molecular formula is C52H85N3O17P2. The molecule has 22 heteroatoms. The number of nitrogens with two attached hydrogens (primary N) is 1. The monoisotopic (exact) mass is 1090 g/mol. The number of hydrogen-bond acceptors (Lipinski definition) is 17. The lowest BCUT2D eigenvalue weighted by Gasteiger charge is -2.21. The molecule has 0 radical (unpaired) electrons. The number of nitrogen functional groups attached to an aromatic ring is 1. The largest absolute Gasteiger partial charge is 0.481 e. The number of unbranched alkanes of at least 4 members (excludes halogenated alkanes) is 10. The van der Waals surface area contributed by atoms with Gasteiger partial charge in [-0.25, -0.2) is 13.9 Å². The molecular weight excluding hydrogens is 1000 g/mol. The van der Waals surface area contributed by atoms with E-state index in [0.29, 0.717) is 19.3 Å². The molecule has 1 aliphatic rings. The Morgan fingerprint density at radius 3 is 1.81 bits per heavy atom. The summed E-state index contributed by atoms with van der Waals surface area (Å²) in [5.74, 6) is -1.63. The minimum atomic E-state index is -5.50. The van der Waals surface area contributed by atoms with Gasteiger partial charge in [-0.3, -0.25) is 23.2 Å². The summed E-state index contributed by atoms with van der Waals surface area (Å²) in [6, 6.07) is 1.23. The summed E-state index contributed by atoms with van der Waals surface area (Å²) in [7, 11) is -11.0. The number of hydrogen-bond donors (Lipinski definition) is 7. The third kappa shape index (κ3) is 31.2. The number of ether oxygens (including phenoxy) is 3. The highest BCUT2D eigenvalue weighted by atomic mass is 31.3. The number of esters is 2. The average Bonchev–Trinajstić information content (AvgIpc) is 3.63. The summed E-state index contributed by atoms with van der Waals surface area (Å²) in [6.07, 6.45) is 32.8. The molecule has 2 heterocycles. The van der Waals surface area contributed by atoms with Crippen molar-refractivity contribution in [3.8, 4) is 0 Å². The molecule has 1 fully saturated rings. The number of carbonyl (C=O) groups excluding carboxylic acids is 2. The van der Waals surface area contributed by atoms with Crippen LogP contribution in [0.15, 0.2) is 90.0 Å². The van der Waals surface area contributed by atoms with Gasteiger partial charge < -0.3 is 50.2 Å². The van der Waals surface area contributed by atoms with E-state index in [0.717, 1.165) is 62.1 Å². The molecule has 0 saturated carbocycles. The molecule has 9 atom stereocenters. The molecule has 1 aromatic rings. The van der Waals surface area contributed by atoms with Gasteiger partial charge in [-0.15, -0.1) is 0 Å². The maximum Gasteiger partial charge on any atom is 0.481 e. The third-order valence-corrected chi connectivity index (χ3v) is 14.1. The number of phosphoric ester groups is 2. The molecule has 1 aromatic heterocycles. The number of phosphoric acid groups is 2. The van der Waals surface area contributed by atoms with Gasteiger partial charge in [0.05, 0.1) is 25.4 Å². The zero-order chi connectivity index (χ0) is 54.5. The number of aliphatic hydroxyl groups excluding tert-OH is 4. The van der Waals surface area contributed by atoms with Crippen LogP contribution in [0.2, 0.25) is 0 Å². The number of carbonyl (C=O) groups is 2. The van der Waals surface area contributed by atoms with Gasteiger partial charge in [0.15, 0.2) is 12.3 Å². The van der Waals surface area contributed by atoms with Crippen molar-refractivity contribution < 1.29 is 76.5 Å². The number of anilines is 1. The zero-order valence-corrected chi connectivity index (χ0v) is 45.1. The normalized spacial score (nSPS) is 20.3. The Bertz CT molecular complexity index is 2060. The van der Waals surface area contributed by atoms with E-state index in [1.165, 1.54) is 44.6 Å². The van der Waals surface area contributed by atoms with Gasteiger partial charge in [0.2, 0.25) is 0 Å². The SMILES string of the molecule is CCCCC/C=C\C/C=C\C/C=C\CCCCCCC(=O)O[C@H](COC(=O)CCCC(O)C(O)C/C=C\C/C=C\C/C=C\CCCCC)COP(=O)(O)OP(=O)(O)OC[C@H]1O[C@@H](n2ccc(N)nc2=O)[C@H](O)[C@@H]1O. The molecule has 8 N–H and O–H groups in total. The van der Waals surface area contributed by atoms with Crippen LogP contribution in [0, 0.1) is 0 Å². The molecule has 0 spiro atoms. The standard InChI is InChI=1S/C52H85N3O17P2/c1-3-5-7-9-11-13-15-17-18-19-20-21-23-25-27-29-31-35-48(59)70-42(39-67-47(58)36-32-34-44(57)43(56)33-30-28-26-24-22-16-14-12-10-8-6-4-2)40-68-73(63,64)72-74(65,66)69-41-45-49(60)50(61)51(71-45)55-38-37-46(53)54-52(55)62/h11-14,17-18,20-22,24,28,30,37-38,42-45,49-51,56-57,60-61H,3-10,15-16,19,23,25-27,29,31-36,39-41H2,1-2H3,(H,63,64)(H,65,66)(H2,53,54,62)/b13-11-,14-12-,18-17-,21-20-,24-22-,30-28-/t42-,43?,44?,45-,49-,50-,51-/m1/s1. The topological polar surface area (TPSA) is 306 Å². The summed E-state index contributed by atoms with van der Waals surface area (Å²) >= 11 is 0. The first-order chi connectivity index (χ1) is 35.5. The van der Waals surface area contributed by atoms with Gasteiger partial charge in [-0.2, -0.15) is 9.29 Å². The summed E-state index contributed by atoms with van der Waals surface area (Å²) in [5, 5.41) is 41.8. The van der Waals surface area contributed by atoms with Crippen LogP contribution in [0.4, 0.5) is 5.82 Å². The van der Waals surface area contributed by atoms with Crippen molar-refractivity contribution in [3.63, 3.8) is 0 Å². The highest BCUT2D eigenvalue weighted by Gasteiger charge is 2.46. The number of allylic oxidation sites excluding steroid dienone is 11. The van der Waals surface area contributed by atoms with Crippen LogP contribution in [0.3, 0.4) is 0 Å². The Labute approximate surface area is 437 Å². The van der Waals surface area contributed by atoms with Crippen molar-refractivity contribution in [3.05, 3.63) is 95.7 Å². The van der Waals surface area contributed by atoms with Crippen LogP contribution in [-0.2, 0) is 46.3 Å². The molecule has 2 rings (SSSR count). The molecule has 1 saturated heterocycles. The van der Waals surface area contributed by atoms with E-state index >= 15 is 0 Å². The van der Waals surface area contributed by atoms with Crippen molar-refractivity contribution in [2.24, 2.45) is 0 Å². The summed E-state index contributed by atoms with van der Waals surface area (Å²) in [4.78, 5) is 62.0. The smallest absolute Gasteiger partial charge is 0.462 e. The summed E-state index contributed by atoms with van der Waals surface area (Å²) in [5.41, 5.74) is 4.56. The van der Waals surface area contributed by atoms with E-state index in [2.05, 4.69) is 77.8 Å². The van der Waals surface area contributed by atoms with E-state index in [9.17, 15) is 53.7 Å². The fourth-order valence-electron chi connectivity index (χ4n) is 7.25. The zero-order valence-electron chi connectivity index (χ0n) is 43.3. The molecule has 0 amide bonds. The summed E-state index contributed by atoms with van der Waals surface area (Å²) in [6.45, 7) is 1.79. The minimum Gasteiger partial charge on any atom is -0.462 e. The molecule has 20 nitrogen and oxygen atoms in total. The van der Waals surface area contributed by atoms with Crippen molar-refractivity contribution in [2.45, 2.75) is 198 Å². The van der Waals surface area contributed by atoms with Gasteiger partial charge in [0, 0.05) is 19.0 Å². The Morgan fingerprint density at radius 2 is 1.23 bits per heavy atom. The van der Waals surface area contributed by atoms with Gasteiger partial charge in [0.1, 0.15) is 30.7 Å². The Balaban J connectivity index is 1.87. The number of rotatable bonds is 42. The lowest BCUT2D eigenvalue weighted by molar-refractivity contribution is -0.161. The first kappa shape index (κ1) is 66.2. The van der Waals surface area contributed by atoms with Crippen molar-refractivity contribution in [1.82, 2.24) is 9.55 Å². The average molecular weight is 1090 g/mol. The van der Waals surface area contributed by atoms with Crippen LogP contribution in [0.1, 0.15) is 161 Å². The molecule has 0 bridgehead atoms. The minimum absolute atomic E-state index is 0.0395. The lowest BCUT2D eigenvalue weighted by Crippen LogP contribution is -2.36. The Morgan fingerprint density at radius 1 is 0.703 bits per heavy atom. The molecule has 0 aliphatic carbocycles. The fraction of sp³-hybridized carbons (Fsp3) is 0.654. The maximum absolute atomic E-state index is 12.9. The highest BCUT2D eigenvalue weighted by Crippen LogP contribution is 2.60. The highest BCUT2D eigenvalue weighted by molar-refractivity contribution is 7.61. The molecule has 4 unspecified atom stereocenters. The number of aliphatic hydroxyl groups is 4. The summed E-state index contributed by atoms with van der Waals surface area (Å²) < 4.78 is 56.6. The molecule has 1 aliphatic heterocycles. The van der Waals surface area contributed by atoms with Crippen LogP contribution in [0.5, 0.6) is 0 Å². The van der Waals surface area contributed by atoms with Gasteiger partial charge in [0.25, 0.3) is 0 Å². The maximum atomic E-state index is 12.9. The van der Waals surface area contributed by atoms with Gasteiger partial charge in [-0.1, -0.05) is 125 Å². The van der Waals surface area contributed by atoms with E-state index in [1.54, 1.807) is 6.08 Å². The van der Waals surface area contributed by atoms with E-state index < -0.39 is 95.9 Å². The van der Waals surface area contributed by atoms with Gasteiger partial charge in [-0.05, 0) is 96.0 Å². The van der Waals surface area contributed by atoms with Crippen LogP contribution in [0.25, 0.3) is 0 Å². The Kier molecular flexibility index (Phi) is 35.3. The Hall–Kier alpha value is -3.88. The molecule has 420 valence electrons. The fourth-order valence-corrected chi connectivity index (χ4v) is 9.36. The third-order valence-electron chi connectivity index (χ3n) is 11.5. The van der Waals surface area contributed by atoms with Crippen LogP contribution >= 0.6 is 15.6 Å². The van der Waals surface area contributed by atoms with Crippen molar-refractivity contribution in [1.29, 1.82) is 0 Å². The lowest BCUT2D eigenvalue weighted by atomic mass is 10.0. The van der Waals surface area contributed by atoms with Gasteiger partial charge >= 0.3 is 33.3 Å². The second-order valence-electron chi connectivity index (χ2n) is 18.0. The second-order valence-corrected chi connectivity index (χ2v) is 21.0.